The molecule has 1 amide bonds. The van der Waals surface area contributed by atoms with Crippen molar-refractivity contribution in [2.45, 2.75) is 0 Å². The van der Waals surface area contributed by atoms with Gasteiger partial charge < -0.3 is 19.9 Å². The van der Waals surface area contributed by atoms with Crippen LogP contribution < -0.4 is 10.1 Å². The summed E-state index contributed by atoms with van der Waals surface area (Å²) >= 11 is 0. The van der Waals surface area contributed by atoms with Crippen molar-refractivity contribution in [2.24, 2.45) is 0 Å². The van der Waals surface area contributed by atoms with E-state index in [1.165, 1.54) is 0 Å². The van der Waals surface area contributed by atoms with Gasteiger partial charge in [-0.1, -0.05) is 30.3 Å². The average molecular weight is 303 g/mol. The second kappa shape index (κ2) is 7.99. The van der Waals surface area contributed by atoms with Gasteiger partial charge in [0.1, 0.15) is 12.4 Å². The highest BCUT2D eigenvalue weighted by Gasteiger charge is 2.03. The maximum atomic E-state index is 11.6. The second-order valence-corrected chi connectivity index (χ2v) is 4.59. The fourth-order valence-electron chi connectivity index (χ4n) is 1.88. The molecule has 0 aliphatic rings. The van der Waals surface area contributed by atoms with Crippen LogP contribution in [-0.4, -0.2) is 43.3 Å². The summed E-state index contributed by atoms with van der Waals surface area (Å²) in [5.41, 5.74) is 0. The van der Waals surface area contributed by atoms with Gasteiger partial charge in [-0.3, -0.25) is 4.79 Å². The lowest BCUT2D eigenvalue weighted by Crippen LogP contribution is -2.32. The Kier molecular flexibility index (Phi) is 5.73. The zero-order chi connectivity index (χ0) is 15.8. The van der Waals surface area contributed by atoms with Crippen molar-refractivity contribution in [1.29, 1.82) is 0 Å². The standard InChI is InChI=1S/C16H17NO5/c18-15(17-7-8-21-11-16(19)20)10-22-14-6-5-12-3-1-2-4-13(12)9-14/h1-6,9H,7-8,10-11H2,(H,17,18)(H,19,20). The van der Waals surface area contributed by atoms with Crippen LogP contribution in [0, 0.1) is 0 Å². The summed E-state index contributed by atoms with van der Waals surface area (Å²) in [6.45, 7) is -0.0814. The Labute approximate surface area is 127 Å². The van der Waals surface area contributed by atoms with Gasteiger partial charge in [-0.2, -0.15) is 0 Å². The number of amides is 1. The lowest BCUT2D eigenvalue weighted by molar-refractivity contribution is -0.142. The second-order valence-electron chi connectivity index (χ2n) is 4.59. The molecule has 0 saturated carbocycles. The fourth-order valence-corrected chi connectivity index (χ4v) is 1.88. The van der Waals surface area contributed by atoms with Gasteiger partial charge in [0.2, 0.25) is 0 Å². The van der Waals surface area contributed by atoms with E-state index in [1.54, 1.807) is 0 Å². The predicted octanol–water partition coefficient (Wildman–Crippen LogP) is 1.44. The fraction of sp³-hybridized carbons (Fsp3) is 0.250. The van der Waals surface area contributed by atoms with E-state index in [4.69, 9.17) is 14.6 Å². The Morgan fingerprint density at radius 2 is 1.82 bits per heavy atom. The predicted molar refractivity (Wildman–Crippen MR) is 80.9 cm³/mol. The molecular formula is C16H17NO5. The number of carbonyl (C=O) groups excluding carboxylic acids is 1. The molecular weight excluding hydrogens is 286 g/mol. The van der Waals surface area contributed by atoms with Crippen LogP contribution in [-0.2, 0) is 14.3 Å². The quantitative estimate of drug-likeness (QED) is 0.721. The van der Waals surface area contributed by atoms with Crippen molar-refractivity contribution in [3.05, 3.63) is 42.5 Å². The van der Waals surface area contributed by atoms with Crippen molar-refractivity contribution < 1.29 is 24.2 Å². The van der Waals surface area contributed by atoms with Crippen LogP contribution >= 0.6 is 0 Å². The van der Waals surface area contributed by atoms with E-state index in [9.17, 15) is 9.59 Å². The molecule has 116 valence electrons. The Bertz CT molecular complexity index is 656. The molecule has 0 heterocycles. The zero-order valence-corrected chi connectivity index (χ0v) is 12.0. The van der Waals surface area contributed by atoms with Crippen molar-refractivity contribution >= 4 is 22.6 Å². The highest BCUT2D eigenvalue weighted by molar-refractivity contribution is 5.84. The number of ether oxygens (including phenoxy) is 2. The molecule has 0 fully saturated rings. The van der Waals surface area contributed by atoms with Crippen LogP contribution in [0.3, 0.4) is 0 Å². The zero-order valence-electron chi connectivity index (χ0n) is 12.0. The van der Waals surface area contributed by atoms with Crippen LogP contribution in [0.2, 0.25) is 0 Å². The third kappa shape index (κ3) is 5.06. The molecule has 2 N–H and O–H groups in total. The number of nitrogens with one attached hydrogen (secondary N) is 1. The van der Waals surface area contributed by atoms with Gasteiger partial charge in [-0.15, -0.1) is 0 Å². The van der Waals surface area contributed by atoms with Crippen LogP contribution in [0.15, 0.2) is 42.5 Å². The minimum atomic E-state index is -1.04. The molecule has 2 aromatic carbocycles. The lowest BCUT2D eigenvalue weighted by Gasteiger charge is -2.08. The Morgan fingerprint density at radius 1 is 1.05 bits per heavy atom. The van der Waals surface area contributed by atoms with E-state index in [0.29, 0.717) is 5.75 Å². The van der Waals surface area contributed by atoms with Crippen molar-refractivity contribution in [1.82, 2.24) is 5.32 Å². The number of carboxylic acid groups (broad SMARTS) is 1. The van der Waals surface area contributed by atoms with Gasteiger partial charge in [-0.05, 0) is 22.9 Å². The number of hydrogen-bond donors (Lipinski definition) is 2. The summed E-state index contributed by atoms with van der Waals surface area (Å²) in [5.74, 6) is -0.700. The van der Waals surface area contributed by atoms with E-state index < -0.39 is 5.97 Å². The first kappa shape index (κ1) is 15.8. The van der Waals surface area contributed by atoms with E-state index in [1.807, 2.05) is 42.5 Å². The van der Waals surface area contributed by atoms with Crippen molar-refractivity contribution in [3.63, 3.8) is 0 Å². The SMILES string of the molecule is O=C(O)COCCNC(=O)COc1ccc2ccccc2c1. The van der Waals surface area contributed by atoms with Gasteiger partial charge in [-0.25, -0.2) is 4.79 Å². The Balaban J connectivity index is 1.72. The summed E-state index contributed by atoms with van der Waals surface area (Å²) in [6.07, 6.45) is 0. The van der Waals surface area contributed by atoms with Crippen molar-refractivity contribution in [3.8, 4) is 5.75 Å². The van der Waals surface area contributed by atoms with Crippen LogP contribution in [0.5, 0.6) is 5.75 Å². The van der Waals surface area contributed by atoms with E-state index >= 15 is 0 Å². The van der Waals surface area contributed by atoms with Gasteiger partial charge in [0.15, 0.2) is 6.61 Å². The average Bonchev–Trinajstić information content (AvgIpc) is 2.52. The molecule has 2 rings (SSSR count). The third-order valence-corrected chi connectivity index (χ3v) is 2.88. The minimum Gasteiger partial charge on any atom is -0.484 e. The van der Waals surface area contributed by atoms with E-state index in [0.717, 1.165) is 10.8 Å². The maximum Gasteiger partial charge on any atom is 0.329 e. The Morgan fingerprint density at radius 3 is 2.59 bits per heavy atom. The molecule has 0 bridgehead atoms. The number of rotatable bonds is 8. The molecule has 0 aromatic heterocycles. The maximum absolute atomic E-state index is 11.6. The van der Waals surface area contributed by atoms with Gasteiger partial charge in [0.05, 0.1) is 6.61 Å². The molecule has 0 aliphatic carbocycles. The first-order chi connectivity index (χ1) is 10.6. The van der Waals surface area contributed by atoms with Crippen LogP contribution in [0.25, 0.3) is 10.8 Å². The number of fused-ring (bicyclic) bond motifs is 1. The summed E-state index contributed by atoms with van der Waals surface area (Å²) in [7, 11) is 0. The van der Waals surface area contributed by atoms with E-state index in [2.05, 4.69) is 5.32 Å². The van der Waals surface area contributed by atoms with Gasteiger partial charge >= 0.3 is 5.97 Å². The largest absolute Gasteiger partial charge is 0.484 e. The summed E-state index contributed by atoms with van der Waals surface area (Å²) in [5, 5.41) is 13.1. The molecule has 0 atom stereocenters. The molecule has 0 saturated heterocycles. The molecule has 0 spiro atoms. The molecule has 6 heteroatoms. The normalized spacial score (nSPS) is 10.4. The number of carbonyl (C=O) groups is 2. The van der Waals surface area contributed by atoms with Crippen LogP contribution in [0.1, 0.15) is 0 Å². The first-order valence-electron chi connectivity index (χ1n) is 6.83. The monoisotopic (exact) mass is 303 g/mol. The van der Waals surface area contributed by atoms with Gasteiger partial charge in [0.25, 0.3) is 5.91 Å². The third-order valence-electron chi connectivity index (χ3n) is 2.88. The molecule has 6 nitrogen and oxygen atoms in total. The molecule has 0 unspecified atom stereocenters. The number of carboxylic acids is 1. The van der Waals surface area contributed by atoms with E-state index in [-0.39, 0.29) is 32.3 Å². The van der Waals surface area contributed by atoms with Gasteiger partial charge in [0, 0.05) is 6.54 Å². The minimum absolute atomic E-state index is 0.0999. The number of hydrogen-bond acceptors (Lipinski definition) is 4. The highest BCUT2D eigenvalue weighted by Crippen LogP contribution is 2.20. The number of aliphatic carboxylic acids is 1. The van der Waals surface area contributed by atoms with Crippen molar-refractivity contribution in [2.75, 3.05) is 26.4 Å². The molecule has 0 aliphatic heterocycles. The highest BCUT2D eigenvalue weighted by atomic mass is 16.5. The lowest BCUT2D eigenvalue weighted by atomic mass is 10.1. The molecule has 22 heavy (non-hydrogen) atoms. The first-order valence-corrected chi connectivity index (χ1v) is 6.83. The Hall–Kier alpha value is -2.60. The summed E-state index contributed by atoms with van der Waals surface area (Å²) < 4.78 is 10.2. The molecule has 2 aromatic rings. The summed E-state index contributed by atoms with van der Waals surface area (Å²) in [4.78, 5) is 21.8. The summed E-state index contributed by atoms with van der Waals surface area (Å²) in [6, 6.07) is 13.5. The topological polar surface area (TPSA) is 84.9 Å². The number of benzene rings is 2. The smallest absolute Gasteiger partial charge is 0.329 e. The molecule has 0 radical (unpaired) electrons. The van der Waals surface area contributed by atoms with Crippen LogP contribution in [0.4, 0.5) is 0 Å².